The van der Waals surface area contributed by atoms with Gasteiger partial charge in [0.05, 0.1) is 18.1 Å². The Morgan fingerprint density at radius 3 is 3.08 bits per heavy atom. The van der Waals surface area contributed by atoms with Gasteiger partial charge in [-0.1, -0.05) is 27.6 Å². The van der Waals surface area contributed by atoms with Crippen molar-refractivity contribution in [1.29, 1.82) is 0 Å². The molecule has 1 aromatic carbocycles. The van der Waals surface area contributed by atoms with E-state index in [1.54, 1.807) is 0 Å². The lowest BCUT2D eigenvalue weighted by Gasteiger charge is -2.48. The van der Waals surface area contributed by atoms with Crippen LogP contribution in [0.2, 0.25) is 0 Å². The molecule has 3 atom stereocenters. The van der Waals surface area contributed by atoms with Gasteiger partial charge in [-0.05, 0) is 43.5 Å². The molecule has 0 radical (unpaired) electrons. The fourth-order valence-electron chi connectivity index (χ4n) is 5.63. The number of carbonyl (C=O) groups excluding carboxylic acids is 1. The summed E-state index contributed by atoms with van der Waals surface area (Å²) in [4.78, 5) is 15.4. The van der Waals surface area contributed by atoms with Crippen LogP contribution in [0.25, 0.3) is 0 Å². The third-order valence-electron chi connectivity index (χ3n) is 6.66. The normalized spacial score (nSPS) is 34.0. The highest BCUT2D eigenvalue weighted by molar-refractivity contribution is 9.10. The maximum absolute atomic E-state index is 12.8. The van der Waals surface area contributed by atoms with Crippen molar-refractivity contribution in [1.82, 2.24) is 4.90 Å². The average Bonchev–Trinajstić information content (AvgIpc) is 3.17. The van der Waals surface area contributed by atoms with E-state index in [4.69, 9.17) is 4.74 Å². The third kappa shape index (κ3) is 1.83. The van der Waals surface area contributed by atoms with Crippen LogP contribution in [0.4, 0.5) is 5.69 Å². The lowest BCUT2D eigenvalue weighted by molar-refractivity contribution is -0.137. The number of rotatable bonds is 1. The Balaban J connectivity index is 1.82. The van der Waals surface area contributed by atoms with Crippen molar-refractivity contribution < 1.29 is 9.53 Å². The van der Waals surface area contributed by atoms with Gasteiger partial charge < -0.3 is 10.1 Å². The molecule has 0 amide bonds. The average molecular weight is 401 g/mol. The maximum atomic E-state index is 12.8. The minimum atomic E-state index is -0.183. The molecule has 2 fully saturated rings. The van der Waals surface area contributed by atoms with Crippen LogP contribution < -0.4 is 5.32 Å². The number of hydrogen-bond donors (Lipinski definition) is 1. The number of methoxy groups -OCH3 is 1. The van der Waals surface area contributed by atoms with Gasteiger partial charge in [-0.3, -0.25) is 4.90 Å². The molecule has 2 bridgehead atoms. The first-order valence-electron chi connectivity index (χ1n) is 8.89. The van der Waals surface area contributed by atoms with Crippen molar-refractivity contribution in [3.63, 3.8) is 0 Å². The molecule has 1 aromatic rings. The number of nitrogens with zero attached hydrogens (tertiary/aromatic N) is 1. The second-order valence-electron chi connectivity index (χ2n) is 7.45. The standard InChI is InChI=1S/C20H21BrN2O2/c1-3-11-10-23-7-6-20-14-8-12(21)4-5-15(14)22-18(20)17(19(24)25-2)13(11)9-16(20)23/h3-5,8,13,16,22H,6-7,9-10H2,1-2H3/b11-3-/t13?,16-,20+/m0/s1. The molecule has 1 aliphatic carbocycles. The Morgan fingerprint density at radius 2 is 2.32 bits per heavy atom. The molecule has 130 valence electrons. The van der Waals surface area contributed by atoms with E-state index < -0.39 is 0 Å². The van der Waals surface area contributed by atoms with Crippen LogP contribution in [-0.4, -0.2) is 37.1 Å². The molecule has 1 N–H and O–H groups in total. The van der Waals surface area contributed by atoms with E-state index in [1.807, 2.05) is 0 Å². The van der Waals surface area contributed by atoms with E-state index >= 15 is 0 Å². The summed E-state index contributed by atoms with van der Waals surface area (Å²) in [5, 5.41) is 3.62. The minimum Gasteiger partial charge on any atom is -0.466 e. The first-order valence-corrected chi connectivity index (χ1v) is 9.68. The zero-order valence-corrected chi connectivity index (χ0v) is 16.0. The summed E-state index contributed by atoms with van der Waals surface area (Å²) in [6.45, 7) is 4.12. The minimum absolute atomic E-state index is 0.0988. The monoisotopic (exact) mass is 400 g/mol. The molecular weight excluding hydrogens is 380 g/mol. The number of benzene rings is 1. The second kappa shape index (κ2) is 5.21. The van der Waals surface area contributed by atoms with E-state index in [2.05, 4.69) is 57.3 Å². The summed E-state index contributed by atoms with van der Waals surface area (Å²) in [6.07, 6.45) is 4.24. The van der Waals surface area contributed by atoms with Gasteiger partial charge >= 0.3 is 5.97 Å². The van der Waals surface area contributed by atoms with E-state index in [-0.39, 0.29) is 17.3 Å². The second-order valence-corrected chi connectivity index (χ2v) is 8.37. The molecule has 3 aliphatic heterocycles. The SMILES string of the molecule is C/C=C1/CN2CC[C@]34C(=C(C(=O)OC)C1C[C@H]23)Nc1ccc(Br)cc14. The number of hydrogen-bond acceptors (Lipinski definition) is 4. The topological polar surface area (TPSA) is 41.6 Å². The van der Waals surface area contributed by atoms with Crippen LogP contribution in [0.15, 0.2) is 45.6 Å². The summed E-state index contributed by atoms with van der Waals surface area (Å²) in [7, 11) is 1.49. The number of fused-ring (bicyclic) bond motifs is 2. The van der Waals surface area contributed by atoms with Crippen molar-refractivity contribution in [3.8, 4) is 0 Å². The van der Waals surface area contributed by atoms with Crippen LogP contribution in [0, 0.1) is 5.92 Å². The molecule has 4 nitrogen and oxygen atoms in total. The quantitative estimate of drug-likeness (QED) is 0.577. The van der Waals surface area contributed by atoms with Gasteiger partial charge in [-0.2, -0.15) is 0 Å². The van der Waals surface area contributed by atoms with Crippen LogP contribution in [0.5, 0.6) is 0 Å². The first kappa shape index (κ1) is 15.6. The van der Waals surface area contributed by atoms with Crippen LogP contribution in [0.1, 0.15) is 25.3 Å². The fraction of sp³-hybridized carbons (Fsp3) is 0.450. The van der Waals surface area contributed by atoms with Gasteiger partial charge in [0.25, 0.3) is 0 Å². The Morgan fingerprint density at radius 1 is 1.48 bits per heavy atom. The molecule has 5 rings (SSSR count). The van der Waals surface area contributed by atoms with E-state index in [0.29, 0.717) is 6.04 Å². The van der Waals surface area contributed by atoms with Gasteiger partial charge in [0, 0.05) is 40.9 Å². The zero-order chi connectivity index (χ0) is 17.3. The first-order chi connectivity index (χ1) is 12.1. The van der Waals surface area contributed by atoms with Gasteiger partial charge in [-0.25, -0.2) is 4.79 Å². The van der Waals surface area contributed by atoms with Crippen LogP contribution in [-0.2, 0) is 14.9 Å². The molecule has 2 saturated heterocycles. The molecule has 0 saturated carbocycles. The zero-order valence-electron chi connectivity index (χ0n) is 14.4. The Kier molecular flexibility index (Phi) is 3.26. The summed E-state index contributed by atoms with van der Waals surface area (Å²) in [5.74, 6) is -0.0120. The van der Waals surface area contributed by atoms with Crippen molar-refractivity contribution in [2.75, 3.05) is 25.5 Å². The summed E-state index contributed by atoms with van der Waals surface area (Å²) >= 11 is 3.64. The lowest BCUT2D eigenvalue weighted by Crippen LogP contribution is -2.53. The summed E-state index contributed by atoms with van der Waals surface area (Å²) in [5.41, 5.74) is 5.65. The van der Waals surface area contributed by atoms with Crippen molar-refractivity contribution >= 4 is 27.6 Å². The predicted octanol–water partition coefficient (Wildman–Crippen LogP) is 3.59. The van der Waals surface area contributed by atoms with Crippen molar-refractivity contribution in [2.45, 2.75) is 31.2 Å². The highest BCUT2D eigenvalue weighted by Gasteiger charge is 2.62. The molecule has 4 aliphatic rings. The maximum Gasteiger partial charge on any atom is 0.336 e. The number of piperidine rings is 1. The molecular formula is C20H21BrN2O2. The summed E-state index contributed by atoms with van der Waals surface area (Å²) < 4.78 is 6.31. The highest BCUT2D eigenvalue weighted by atomic mass is 79.9. The summed E-state index contributed by atoms with van der Waals surface area (Å²) in [6, 6.07) is 6.87. The number of ether oxygens (including phenoxy) is 1. The fourth-order valence-corrected chi connectivity index (χ4v) is 5.99. The van der Waals surface area contributed by atoms with Crippen LogP contribution in [0.3, 0.4) is 0 Å². The number of esters is 1. The van der Waals surface area contributed by atoms with E-state index in [1.165, 1.54) is 18.2 Å². The van der Waals surface area contributed by atoms with Gasteiger partial charge in [-0.15, -0.1) is 0 Å². The lowest BCUT2D eigenvalue weighted by atomic mass is 9.62. The molecule has 3 heterocycles. The smallest absolute Gasteiger partial charge is 0.336 e. The largest absolute Gasteiger partial charge is 0.466 e. The number of carbonyl (C=O) groups is 1. The Hall–Kier alpha value is -1.59. The Bertz CT molecular complexity index is 859. The molecule has 1 spiro atoms. The van der Waals surface area contributed by atoms with Gasteiger partial charge in [0.2, 0.25) is 0 Å². The molecule has 25 heavy (non-hydrogen) atoms. The molecule has 5 heteroatoms. The highest BCUT2D eigenvalue weighted by Crippen LogP contribution is 2.61. The number of allylic oxidation sites excluding steroid dienone is 1. The number of halogens is 1. The predicted molar refractivity (Wildman–Crippen MR) is 100 cm³/mol. The van der Waals surface area contributed by atoms with Crippen molar-refractivity contribution in [3.05, 3.63) is 51.2 Å². The van der Waals surface area contributed by atoms with E-state index in [9.17, 15) is 4.79 Å². The molecule has 1 unspecified atom stereocenters. The van der Waals surface area contributed by atoms with Gasteiger partial charge in [0.15, 0.2) is 0 Å². The third-order valence-corrected chi connectivity index (χ3v) is 7.15. The molecule has 0 aromatic heterocycles. The number of anilines is 1. The Labute approximate surface area is 156 Å². The number of nitrogens with one attached hydrogen (secondary N) is 1. The van der Waals surface area contributed by atoms with E-state index in [0.717, 1.165) is 47.4 Å². The van der Waals surface area contributed by atoms with Crippen molar-refractivity contribution in [2.24, 2.45) is 5.92 Å². The van der Waals surface area contributed by atoms with Crippen LogP contribution >= 0.6 is 15.9 Å². The van der Waals surface area contributed by atoms with Gasteiger partial charge in [0.1, 0.15) is 0 Å².